The van der Waals surface area contributed by atoms with Crippen LogP contribution < -0.4 is 0 Å². The number of aliphatic hydroxyl groups excluding tert-OH is 1. The first kappa shape index (κ1) is 18.7. The first-order valence-corrected chi connectivity index (χ1v) is 8.22. The van der Waals surface area contributed by atoms with E-state index >= 15 is 0 Å². The van der Waals surface area contributed by atoms with Crippen molar-refractivity contribution in [3.05, 3.63) is 59.5 Å². The fourth-order valence-electron chi connectivity index (χ4n) is 2.45. The predicted octanol–water partition coefficient (Wildman–Crippen LogP) is 2.61. The van der Waals surface area contributed by atoms with Gasteiger partial charge in [0.1, 0.15) is 12.4 Å². The third kappa shape index (κ3) is 6.84. The second kappa shape index (κ2) is 10.3. The molecule has 0 bridgehead atoms. The van der Waals surface area contributed by atoms with Crippen molar-refractivity contribution in [1.29, 1.82) is 0 Å². The van der Waals surface area contributed by atoms with Crippen molar-refractivity contribution in [1.82, 2.24) is 4.90 Å². The number of ether oxygens (including phenoxy) is 2. The van der Waals surface area contributed by atoms with E-state index in [1.54, 1.807) is 13.4 Å². The normalized spacial score (nSPS) is 12.7. The summed E-state index contributed by atoms with van der Waals surface area (Å²) in [5.41, 5.74) is 2.47. The van der Waals surface area contributed by atoms with Crippen molar-refractivity contribution in [3.8, 4) is 0 Å². The van der Waals surface area contributed by atoms with Crippen LogP contribution in [0.15, 0.2) is 47.1 Å². The van der Waals surface area contributed by atoms with E-state index in [9.17, 15) is 5.11 Å². The van der Waals surface area contributed by atoms with Crippen molar-refractivity contribution >= 4 is 0 Å². The van der Waals surface area contributed by atoms with Crippen LogP contribution in [0.2, 0.25) is 0 Å². The van der Waals surface area contributed by atoms with Gasteiger partial charge in [-0.2, -0.15) is 0 Å². The molecule has 0 radical (unpaired) electrons. The Morgan fingerprint density at radius 2 is 2.00 bits per heavy atom. The molecule has 2 rings (SSSR count). The molecule has 1 unspecified atom stereocenters. The topological polar surface area (TPSA) is 55.1 Å². The van der Waals surface area contributed by atoms with Crippen LogP contribution in [0.5, 0.6) is 0 Å². The zero-order chi connectivity index (χ0) is 17.2. The van der Waals surface area contributed by atoms with Crippen LogP contribution >= 0.6 is 0 Å². The van der Waals surface area contributed by atoms with Crippen molar-refractivity contribution in [2.24, 2.45) is 0 Å². The molecule has 1 atom stereocenters. The molecule has 1 N–H and O–H groups in total. The summed E-state index contributed by atoms with van der Waals surface area (Å²) in [6, 6.07) is 12.1. The molecule has 132 valence electrons. The fraction of sp³-hybridized carbons (Fsp3) is 0.474. The van der Waals surface area contributed by atoms with E-state index in [0.29, 0.717) is 19.8 Å². The number of rotatable bonds is 11. The first-order chi connectivity index (χ1) is 11.7. The maximum Gasteiger partial charge on any atom is 0.129 e. The lowest BCUT2D eigenvalue weighted by atomic mass is 10.1. The van der Waals surface area contributed by atoms with E-state index < -0.39 is 6.10 Å². The molecule has 5 nitrogen and oxygen atoms in total. The number of hydrogen-bond donors (Lipinski definition) is 1. The summed E-state index contributed by atoms with van der Waals surface area (Å²) in [5, 5.41) is 10.2. The Hall–Kier alpha value is -1.66. The minimum atomic E-state index is -0.553. The Labute approximate surface area is 143 Å². The van der Waals surface area contributed by atoms with Gasteiger partial charge in [0.15, 0.2) is 0 Å². The summed E-state index contributed by atoms with van der Waals surface area (Å²) in [6.45, 7) is 5.44. The van der Waals surface area contributed by atoms with Crippen LogP contribution in [0.1, 0.15) is 16.9 Å². The lowest BCUT2D eigenvalue weighted by Crippen LogP contribution is -2.36. The van der Waals surface area contributed by atoms with Crippen molar-refractivity contribution < 1.29 is 19.0 Å². The Balaban J connectivity index is 1.79. The van der Waals surface area contributed by atoms with Gasteiger partial charge >= 0.3 is 0 Å². The van der Waals surface area contributed by atoms with Crippen molar-refractivity contribution in [3.63, 3.8) is 0 Å². The van der Waals surface area contributed by atoms with Crippen LogP contribution in [-0.4, -0.2) is 49.5 Å². The Morgan fingerprint density at radius 1 is 1.21 bits per heavy atom. The first-order valence-electron chi connectivity index (χ1n) is 8.22. The molecule has 1 aromatic carbocycles. The second-order valence-electron chi connectivity index (χ2n) is 5.96. The monoisotopic (exact) mass is 333 g/mol. The van der Waals surface area contributed by atoms with Gasteiger partial charge in [0.25, 0.3) is 0 Å². The summed E-state index contributed by atoms with van der Waals surface area (Å²) < 4.78 is 15.9. The molecule has 0 spiro atoms. The van der Waals surface area contributed by atoms with E-state index in [-0.39, 0.29) is 6.61 Å². The molecule has 0 amide bonds. The maximum absolute atomic E-state index is 10.2. The Morgan fingerprint density at radius 3 is 2.67 bits per heavy atom. The number of hydrogen-bond acceptors (Lipinski definition) is 5. The Kier molecular flexibility index (Phi) is 7.98. The number of aliphatic hydroxyl groups is 1. The Bertz CT molecular complexity index is 553. The molecular formula is C19H27NO4. The predicted molar refractivity (Wildman–Crippen MR) is 92.7 cm³/mol. The van der Waals surface area contributed by atoms with E-state index in [1.165, 1.54) is 11.1 Å². The number of furan rings is 1. The summed E-state index contributed by atoms with van der Waals surface area (Å²) in [6.07, 6.45) is 1.06. The van der Waals surface area contributed by atoms with Gasteiger partial charge in [-0.25, -0.2) is 0 Å². The van der Waals surface area contributed by atoms with E-state index in [1.807, 2.05) is 12.1 Å². The quantitative estimate of drug-likeness (QED) is 0.685. The van der Waals surface area contributed by atoms with E-state index in [4.69, 9.17) is 13.9 Å². The van der Waals surface area contributed by atoms with E-state index in [2.05, 4.69) is 36.1 Å². The molecule has 0 fully saturated rings. The number of nitrogens with zero attached hydrogens (tertiary/aromatic N) is 1. The van der Waals surface area contributed by atoms with Gasteiger partial charge in [-0.1, -0.05) is 29.8 Å². The van der Waals surface area contributed by atoms with Crippen LogP contribution in [-0.2, 0) is 22.6 Å². The fourth-order valence-corrected chi connectivity index (χ4v) is 2.45. The van der Waals surface area contributed by atoms with Gasteiger partial charge in [0.05, 0.1) is 25.6 Å². The zero-order valence-electron chi connectivity index (χ0n) is 14.5. The maximum atomic E-state index is 10.2. The molecule has 24 heavy (non-hydrogen) atoms. The smallest absolute Gasteiger partial charge is 0.129 e. The molecule has 0 saturated heterocycles. The van der Waals surface area contributed by atoms with Crippen molar-refractivity contribution in [2.75, 3.05) is 33.4 Å². The van der Waals surface area contributed by atoms with Gasteiger partial charge < -0.3 is 19.0 Å². The molecule has 0 aliphatic heterocycles. The van der Waals surface area contributed by atoms with Gasteiger partial charge in [0.2, 0.25) is 0 Å². The average Bonchev–Trinajstić information content (AvgIpc) is 3.08. The number of methoxy groups -OCH3 is 1. The third-order valence-electron chi connectivity index (χ3n) is 3.74. The van der Waals surface area contributed by atoms with Crippen LogP contribution in [0.4, 0.5) is 0 Å². The summed E-state index contributed by atoms with van der Waals surface area (Å²) in [4.78, 5) is 2.18. The zero-order valence-corrected chi connectivity index (χ0v) is 14.5. The highest BCUT2D eigenvalue weighted by molar-refractivity contribution is 5.21. The molecule has 2 aromatic rings. The van der Waals surface area contributed by atoms with Gasteiger partial charge in [-0.05, 0) is 24.6 Å². The lowest BCUT2D eigenvalue weighted by Gasteiger charge is -2.25. The second-order valence-corrected chi connectivity index (χ2v) is 5.96. The summed E-state index contributed by atoms with van der Waals surface area (Å²) in [5.74, 6) is 0.762. The molecular weight excluding hydrogens is 306 g/mol. The number of aryl methyl sites for hydroxylation is 1. The largest absolute Gasteiger partial charge is 0.467 e. The van der Waals surface area contributed by atoms with Gasteiger partial charge in [-0.3, -0.25) is 4.90 Å². The van der Waals surface area contributed by atoms with E-state index in [0.717, 1.165) is 18.8 Å². The van der Waals surface area contributed by atoms with Gasteiger partial charge in [-0.15, -0.1) is 0 Å². The van der Waals surface area contributed by atoms with Crippen molar-refractivity contribution in [2.45, 2.75) is 26.2 Å². The van der Waals surface area contributed by atoms with Crippen LogP contribution in [0.25, 0.3) is 0 Å². The highest BCUT2D eigenvalue weighted by atomic mass is 16.5. The van der Waals surface area contributed by atoms with Crippen LogP contribution in [0.3, 0.4) is 0 Å². The average molecular weight is 333 g/mol. The minimum absolute atomic E-state index is 0.276. The molecule has 0 saturated carbocycles. The van der Waals surface area contributed by atoms with Crippen LogP contribution in [0, 0.1) is 6.92 Å². The van der Waals surface area contributed by atoms with Gasteiger partial charge in [0, 0.05) is 26.7 Å². The molecule has 1 heterocycles. The molecule has 0 aliphatic rings. The molecule has 1 aromatic heterocycles. The standard InChI is InChI=1S/C19H27NO4/c1-16-5-7-17(8-6-16)12-20(9-11-22-2)13-18(21)14-23-15-19-4-3-10-24-19/h3-8,10,18,21H,9,11-15H2,1-2H3. The summed E-state index contributed by atoms with van der Waals surface area (Å²) >= 11 is 0. The third-order valence-corrected chi connectivity index (χ3v) is 3.74. The SMILES string of the molecule is COCCN(Cc1ccc(C)cc1)CC(O)COCc1ccco1. The lowest BCUT2D eigenvalue weighted by molar-refractivity contribution is 0.000487. The molecule has 5 heteroatoms. The highest BCUT2D eigenvalue weighted by Crippen LogP contribution is 2.08. The number of benzene rings is 1. The summed E-state index contributed by atoms with van der Waals surface area (Å²) in [7, 11) is 1.69. The molecule has 0 aliphatic carbocycles. The highest BCUT2D eigenvalue weighted by Gasteiger charge is 2.13. The minimum Gasteiger partial charge on any atom is -0.467 e.